The van der Waals surface area contributed by atoms with Gasteiger partial charge in [-0.2, -0.15) is 0 Å². The van der Waals surface area contributed by atoms with Crippen LogP contribution >= 0.6 is 45.3 Å². The fraction of sp³-hybridized carbons (Fsp3) is 0.720. The Labute approximate surface area is 349 Å². The summed E-state index contributed by atoms with van der Waals surface area (Å²) in [6.07, 6.45) is 58.2. The van der Waals surface area contributed by atoms with E-state index < -0.39 is 0 Å². The molecule has 4 aromatic rings. The molecule has 304 valence electrons. The number of rotatable bonds is 36. The summed E-state index contributed by atoms with van der Waals surface area (Å²) in [6.45, 7) is 4.61. The highest BCUT2D eigenvalue weighted by molar-refractivity contribution is 7.49. The normalized spacial score (nSPS) is 12.4. The van der Waals surface area contributed by atoms with Gasteiger partial charge >= 0.3 is 0 Å². The second-order valence-electron chi connectivity index (χ2n) is 16.6. The van der Waals surface area contributed by atoms with E-state index in [2.05, 4.69) is 50.3 Å². The van der Waals surface area contributed by atoms with Gasteiger partial charge in [0.2, 0.25) is 0 Å². The van der Waals surface area contributed by atoms with E-state index in [0.717, 1.165) is 0 Å². The van der Waals surface area contributed by atoms with Gasteiger partial charge in [-0.25, -0.2) is 0 Å². The topological polar surface area (TPSA) is 0 Å². The number of unbranched alkanes of at least 4 members (excludes halogenated alkanes) is 32. The minimum absolute atomic E-state index is 1.23. The Kier molecular flexibility index (Phi) is 25.6. The fourth-order valence-corrected chi connectivity index (χ4v) is 13.5. The number of hydrogen-bond donors (Lipinski definition) is 0. The van der Waals surface area contributed by atoms with Crippen LogP contribution in [0.25, 0.3) is 40.4 Å². The number of thiophene rings is 4. The smallest absolute Gasteiger partial charge is 0.0892 e. The largest absolute Gasteiger partial charge is 0.125 e. The molecule has 4 heteroatoms. The highest BCUT2D eigenvalue weighted by Gasteiger charge is 2.16. The summed E-state index contributed by atoms with van der Waals surface area (Å²) in [6, 6.07) is 4.92. The van der Waals surface area contributed by atoms with E-state index in [-0.39, 0.29) is 0 Å². The molecular formula is C50H80S4. The van der Waals surface area contributed by atoms with Gasteiger partial charge in [-0.3, -0.25) is 0 Å². The molecule has 0 saturated heterocycles. The van der Waals surface area contributed by atoms with Crippen LogP contribution in [0.1, 0.15) is 242 Å². The van der Waals surface area contributed by atoms with Crippen molar-refractivity contribution in [3.63, 3.8) is 0 Å². The Bertz CT molecular complexity index is 1410. The van der Waals surface area contributed by atoms with Gasteiger partial charge < -0.3 is 0 Å². The molecule has 0 unspecified atom stereocenters. The predicted octanol–water partition coefficient (Wildman–Crippen LogP) is 20.7. The Morgan fingerprint density at radius 3 is 0.870 bits per heavy atom. The average molecular weight is 809 g/mol. The molecule has 0 saturated carbocycles. The van der Waals surface area contributed by atoms with E-state index in [1.165, 1.54) is 256 Å². The highest BCUT2D eigenvalue weighted by atomic mass is 32.2. The van der Waals surface area contributed by atoms with Crippen LogP contribution in [0.15, 0.2) is 24.3 Å². The molecule has 0 bridgehead atoms. The molecule has 0 aliphatic rings. The second-order valence-corrected chi connectivity index (χ2v) is 21.3. The fourth-order valence-electron chi connectivity index (χ4n) is 8.07. The zero-order valence-electron chi connectivity index (χ0n) is 35.1. The van der Waals surface area contributed by atoms with Crippen molar-refractivity contribution >= 4 is 85.7 Å². The van der Waals surface area contributed by atoms with Gasteiger partial charge in [-0.1, -0.05) is 219 Å². The third-order valence-electron chi connectivity index (χ3n) is 11.5. The standard InChI is InChI=1S/C50H80S4/c1-3-5-7-9-11-13-15-17-19-21-23-25-27-29-31-33-35-37-39-43-41-45-47-48(53-49(45)51-43)46-42-44(52-50(46)54-47)40-38-36-34-32-30-28-26-24-22-20-18-16-14-12-10-8-6-4-2/h37-42H,3-36H2,1-2H3/b39-37+,40-38+. The highest BCUT2D eigenvalue weighted by Crippen LogP contribution is 2.49. The molecule has 0 N–H and O–H groups in total. The van der Waals surface area contributed by atoms with E-state index in [4.69, 9.17) is 0 Å². The molecular weight excluding hydrogens is 729 g/mol. The van der Waals surface area contributed by atoms with Crippen molar-refractivity contribution in [1.29, 1.82) is 0 Å². The predicted molar refractivity (Wildman–Crippen MR) is 257 cm³/mol. The lowest BCUT2D eigenvalue weighted by Crippen LogP contribution is -1.83. The number of allylic oxidation sites excluding steroid dienone is 2. The Morgan fingerprint density at radius 1 is 0.333 bits per heavy atom. The van der Waals surface area contributed by atoms with Crippen molar-refractivity contribution < 1.29 is 0 Å². The van der Waals surface area contributed by atoms with E-state index in [1.807, 2.05) is 45.3 Å². The Morgan fingerprint density at radius 2 is 0.593 bits per heavy atom. The van der Waals surface area contributed by atoms with E-state index in [1.54, 1.807) is 0 Å². The first-order valence-corrected chi connectivity index (χ1v) is 26.8. The maximum atomic E-state index is 2.46. The van der Waals surface area contributed by atoms with Crippen LogP contribution in [0.5, 0.6) is 0 Å². The summed E-state index contributed by atoms with van der Waals surface area (Å²) in [5.74, 6) is 0. The molecule has 4 rings (SSSR count). The zero-order valence-corrected chi connectivity index (χ0v) is 38.4. The summed E-state index contributed by atoms with van der Waals surface area (Å²) in [5.41, 5.74) is 0. The van der Waals surface area contributed by atoms with Crippen LogP contribution in [0, 0.1) is 0 Å². The number of hydrogen-bond acceptors (Lipinski definition) is 4. The van der Waals surface area contributed by atoms with Crippen molar-refractivity contribution in [3.8, 4) is 0 Å². The van der Waals surface area contributed by atoms with E-state index in [9.17, 15) is 0 Å². The third-order valence-corrected chi connectivity index (χ3v) is 16.5. The van der Waals surface area contributed by atoms with Gasteiger partial charge in [0.05, 0.1) is 17.4 Å². The first kappa shape index (κ1) is 45.8. The Balaban J connectivity index is 0.991. The SMILES string of the molecule is CCCCCCCCCCCCCCCCCC/C=C/c1cc2c(s1)sc1c3cc(/C=C/CCCCCCCCCCCCCCCCCC)sc3sc21. The lowest BCUT2D eigenvalue weighted by atomic mass is 10.0. The first-order chi connectivity index (χ1) is 26.8. The quantitative estimate of drug-likeness (QED) is 0.0402. The van der Waals surface area contributed by atoms with Crippen LogP contribution in [0.4, 0.5) is 0 Å². The monoisotopic (exact) mass is 809 g/mol. The van der Waals surface area contributed by atoms with Crippen LogP contribution < -0.4 is 0 Å². The van der Waals surface area contributed by atoms with Gasteiger partial charge in [0.1, 0.15) is 0 Å². The maximum absolute atomic E-state index is 2.46. The minimum atomic E-state index is 1.23. The van der Waals surface area contributed by atoms with Crippen LogP contribution in [0.3, 0.4) is 0 Å². The van der Waals surface area contributed by atoms with Crippen molar-refractivity contribution in [3.05, 3.63) is 34.0 Å². The molecule has 0 aliphatic heterocycles. The van der Waals surface area contributed by atoms with E-state index in [0.29, 0.717) is 0 Å². The first-order valence-electron chi connectivity index (χ1n) is 23.5. The van der Waals surface area contributed by atoms with Crippen molar-refractivity contribution in [2.75, 3.05) is 0 Å². The van der Waals surface area contributed by atoms with E-state index >= 15 is 0 Å². The lowest BCUT2D eigenvalue weighted by Gasteiger charge is -2.03. The van der Waals surface area contributed by atoms with Gasteiger partial charge in [-0.15, -0.1) is 45.3 Å². The molecule has 0 atom stereocenters. The molecule has 0 aromatic carbocycles. The zero-order chi connectivity index (χ0) is 37.7. The Hall–Kier alpha value is -0.940. The summed E-state index contributed by atoms with van der Waals surface area (Å²) in [7, 11) is 0. The molecule has 54 heavy (non-hydrogen) atoms. The molecule has 4 heterocycles. The minimum Gasteiger partial charge on any atom is -0.125 e. The number of fused-ring (bicyclic) bond motifs is 5. The molecule has 0 amide bonds. The third kappa shape index (κ3) is 18.5. The summed E-state index contributed by atoms with van der Waals surface area (Å²) in [4.78, 5) is 2.87. The summed E-state index contributed by atoms with van der Waals surface area (Å²) < 4.78 is 6.06. The molecule has 0 spiro atoms. The lowest BCUT2D eigenvalue weighted by molar-refractivity contribution is 0.530. The van der Waals surface area contributed by atoms with Crippen LogP contribution in [-0.2, 0) is 0 Å². The molecule has 0 aliphatic carbocycles. The second kappa shape index (κ2) is 30.2. The van der Waals surface area contributed by atoms with Gasteiger partial charge in [-0.05, 0) is 50.0 Å². The van der Waals surface area contributed by atoms with Crippen LogP contribution in [-0.4, -0.2) is 0 Å². The van der Waals surface area contributed by atoms with Crippen molar-refractivity contribution in [1.82, 2.24) is 0 Å². The summed E-state index contributed by atoms with van der Waals surface area (Å²) >= 11 is 8.04. The molecule has 4 aromatic heterocycles. The average Bonchev–Trinajstić information content (AvgIpc) is 3.93. The van der Waals surface area contributed by atoms with Crippen LogP contribution in [0.2, 0.25) is 0 Å². The molecule has 0 fully saturated rings. The van der Waals surface area contributed by atoms with Gasteiger partial charge in [0.15, 0.2) is 0 Å². The van der Waals surface area contributed by atoms with Crippen molar-refractivity contribution in [2.45, 2.75) is 232 Å². The van der Waals surface area contributed by atoms with Crippen molar-refractivity contribution in [2.24, 2.45) is 0 Å². The molecule has 0 radical (unpaired) electrons. The van der Waals surface area contributed by atoms with Gasteiger partial charge in [0, 0.05) is 20.5 Å². The maximum Gasteiger partial charge on any atom is 0.0892 e. The summed E-state index contributed by atoms with van der Waals surface area (Å²) in [5, 5.41) is 2.99. The molecule has 0 nitrogen and oxygen atoms in total. The van der Waals surface area contributed by atoms with Gasteiger partial charge in [0.25, 0.3) is 0 Å².